The van der Waals surface area contributed by atoms with Gasteiger partial charge in [0, 0.05) is 23.2 Å². The highest BCUT2D eigenvalue weighted by Gasteiger charge is 2.06. The number of hydrogen-bond donors (Lipinski definition) is 1. The first kappa shape index (κ1) is 16.7. The number of benzene rings is 1. The van der Waals surface area contributed by atoms with E-state index in [1.165, 1.54) is 6.07 Å². The lowest BCUT2D eigenvalue weighted by molar-refractivity contribution is -0.123. The fraction of sp³-hybridized carbons (Fsp3) is 0.353. The van der Waals surface area contributed by atoms with E-state index in [4.69, 9.17) is 9.15 Å². The molecule has 1 N–H and O–H groups in total. The van der Waals surface area contributed by atoms with Gasteiger partial charge in [0.15, 0.2) is 6.61 Å². The fourth-order valence-corrected chi connectivity index (χ4v) is 2.13. The molecule has 1 aromatic carbocycles. The molecule has 2 aromatic rings. The SMILES string of the molecule is CCC(CC)=NNC(=O)COc1ccc2c(C)cc(=O)oc2c1. The molecule has 0 unspecified atom stereocenters. The molecule has 1 aromatic heterocycles. The van der Waals surface area contributed by atoms with Gasteiger partial charge in [-0.2, -0.15) is 5.10 Å². The lowest BCUT2D eigenvalue weighted by Crippen LogP contribution is -2.25. The number of hydrogen-bond acceptors (Lipinski definition) is 5. The van der Waals surface area contributed by atoms with Crippen LogP contribution >= 0.6 is 0 Å². The van der Waals surface area contributed by atoms with Gasteiger partial charge in [-0.1, -0.05) is 13.8 Å². The van der Waals surface area contributed by atoms with Gasteiger partial charge in [0.05, 0.1) is 0 Å². The van der Waals surface area contributed by atoms with E-state index in [0.717, 1.165) is 29.5 Å². The second-order valence-electron chi connectivity index (χ2n) is 5.12. The number of fused-ring (bicyclic) bond motifs is 1. The van der Waals surface area contributed by atoms with Crippen LogP contribution in [0.5, 0.6) is 5.75 Å². The molecule has 2 rings (SSSR count). The summed E-state index contributed by atoms with van der Waals surface area (Å²) in [4.78, 5) is 23.1. The van der Waals surface area contributed by atoms with Crippen LogP contribution in [0, 0.1) is 6.92 Å². The molecule has 0 spiro atoms. The minimum Gasteiger partial charge on any atom is -0.484 e. The molecule has 0 saturated heterocycles. The molecule has 0 aliphatic carbocycles. The first-order valence-corrected chi connectivity index (χ1v) is 7.55. The zero-order valence-electron chi connectivity index (χ0n) is 13.5. The normalized spacial score (nSPS) is 10.4. The molecule has 0 aliphatic heterocycles. The Bertz CT molecular complexity index is 787. The smallest absolute Gasteiger partial charge is 0.336 e. The molecule has 0 saturated carbocycles. The number of amides is 1. The predicted octanol–water partition coefficient (Wildman–Crippen LogP) is 2.77. The van der Waals surface area contributed by atoms with Gasteiger partial charge in [-0.25, -0.2) is 10.2 Å². The van der Waals surface area contributed by atoms with E-state index in [-0.39, 0.29) is 12.5 Å². The third-order valence-electron chi connectivity index (χ3n) is 3.45. The van der Waals surface area contributed by atoms with Crippen LogP contribution < -0.4 is 15.8 Å². The van der Waals surface area contributed by atoms with Gasteiger partial charge in [-0.15, -0.1) is 0 Å². The lowest BCUT2D eigenvalue weighted by Gasteiger charge is -2.07. The van der Waals surface area contributed by atoms with Gasteiger partial charge in [0.2, 0.25) is 0 Å². The monoisotopic (exact) mass is 316 g/mol. The number of carbonyl (C=O) groups excluding carboxylic acids is 1. The summed E-state index contributed by atoms with van der Waals surface area (Å²) in [6, 6.07) is 6.57. The van der Waals surface area contributed by atoms with Crippen molar-refractivity contribution in [1.82, 2.24) is 5.43 Å². The zero-order chi connectivity index (χ0) is 16.8. The molecule has 1 amide bonds. The molecule has 0 atom stereocenters. The molecule has 6 nitrogen and oxygen atoms in total. The zero-order valence-corrected chi connectivity index (χ0v) is 13.5. The van der Waals surface area contributed by atoms with Crippen molar-refractivity contribution >= 4 is 22.6 Å². The second kappa shape index (κ2) is 7.58. The Morgan fingerprint density at radius 3 is 2.70 bits per heavy atom. The molecular formula is C17H20N2O4. The Morgan fingerprint density at radius 2 is 2.00 bits per heavy atom. The lowest BCUT2D eigenvalue weighted by atomic mass is 10.1. The van der Waals surface area contributed by atoms with Gasteiger partial charge in [0.1, 0.15) is 11.3 Å². The predicted molar refractivity (Wildman–Crippen MR) is 88.9 cm³/mol. The molecule has 6 heteroatoms. The van der Waals surface area contributed by atoms with E-state index in [9.17, 15) is 9.59 Å². The summed E-state index contributed by atoms with van der Waals surface area (Å²) in [7, 11) is 0. The largest absolute Gasteiger partial charge is 0.484 e. The third-order valence-corrected chi connectivity index (χ3v) is 3.45. The minimum atomic E-state index is -0.411. The van der Waals surface area contributed by atoms with Gasteiger partial charge < -0.3 is 9.15 Å². The number of aryl methyl sites for hydroxylation is 1. The van der Waals surface area contributed by atoms with Gasteiger partial charge >= 0.3 is 5.63 Å². The van der Waals surface area contributed by atoms with Crippen molar-refractivity contribution in [2.45, 2.75) is 33.6 Å². The Kier molecular flexibility index (Phi) is 5.51. The van der Waals surface area contributed by atoms with Crippen molar-refractivity contribution in [3.63, 3.8) is 0 Å². The Balaban J connectivity index is 2.03. The topological polar surface area (TPSA) is 80.9 Å². The summed E-state index contributed by atoms with van der Waals surface area (Å²) in [6.07, 6.45) is 1.58. The van der Waals surface area contributed by atoms with Gasteiger partial charge in [-0.05, 0) is 37.5 Å². The van der Waals surface area contributed by atoms with Gasteiger partial charge in [-0.3, -0.25) is 4.79 Å². The number of nitrogens with one attached hydrogen (secondary N) is 1. The summed E-state index contributed by atoms with van der Waals surface area (Å²) in [5.41, 5.74) is 4.24. The number of ether oxygens (including phenoxy) is 1. The highest BCUT2D eigenvalue weighted by Crippen LogP contribution is 2.22. The quantitative estimate of drug-likeness (QED) is 0.505. The van der Waals surface area contributed by atoms with Crippen LogP contribution in [0.4, 0.5) is 0 Å². The Morgan fingerprint density at radius 1 is 1.26 bits per heavy atom. The number of carbonyl (C=O) groups is 1. The summed E-state index contributed by atoms with van der Waals surface area (Å²) >= 11 is 0. The van der Waals surface area contributed by atoms with Crippen LogP contribution in [-0.2, 0) is 4.79 Å². The molecule has 0 bridgehead atoms. The van der Waals surface area contributed by atoms with E-state index in [0.29, 0.717) is 11.3 Å². The van der Waals surface area contributed by atoms with E-state index in [2.05, 4.69) is 10.5 Å². The maximum atomic E-state index is 11.7. The summed E-state index contributed by atoms with van der Waals surface area (Å²) in [5.74, 6) is 0.117. The number of hydrazone groups is 1. The summed E-state index contributed by atoms with van der Waals surface area (Å²) in [6.45, 7) is 5.64. The molecule has 0 aliphatic rings. The summed E-state index contributed by atoms with van der Waals surface area (Å²) < 4.78 is 10.6. The first-order chi connectivity index (χ1) is 11.0. The van der Waals surface area contributed by atoms with Crippen LogP contribution in [0.15, 0.2) is 38.6 Å². The van der Waals surface area contributed by atoms with Crippen LogP contribution in [0.1, 0.15) is 32.3 Å². The molecule has 23 heavy (non-hydrogen) atoms. The highest BCUT2D eigenvalue weighted by molar-refractivity contribution is 5.86. The van der Waals surface area contributed by atoms with Crippen LogP contribution in [0.25, 0.3) is 11.0 Å². The van der Waals surface area contributed by atoms with Crippen LogP contribution in [0.3, 0.4) is 0 Å². The number of nitrogens with zero attached hydrogens (tertiary/aromatic N) is 1. The Labute approximate surface area is 134 Å². The van der Waals surface area contributed by atoms with Crippen molar-refractivity contribution in [1.29, 1.82) is 0 Å². The molecular weight excluding hydrogens is 296 g/mol. The molecule has 0 radical (unpaired) electrons. The first-order valence-electron chi connectivity index (χ1n) is 7.55. The second-order valence-corrected chi connectivity index (χ2v) is 5.12. The van der Waals surface area contributed by atoms with Gasteiger partial charge in [0.25, 0.3) is 5.91 Å². The van der Waals surface area contributed by atoms with E-state index in [1.807, 2.05) is 20.8 Å². The molecule has 122 valence electrons. The maximum Gasteiger partial charge on any atom is 0.336 e. The third kappa shape index (κ3) is 4.42. The van der Waals surface area contributed by atoms with E-state index >= 15 is 0 Å². The molecule has 1 heterocycles. The highest BCUT2D eigenvalue weighted by atomic mass is 16.5. The summed E-state index contributed by atoms with van der Waals surface area (Å²) in [5, 5.41) is 4.86. The van der Waals surface area contributed by atoms with Crippen molar-refractivity contribution in [2.75, 3.05) is 6.61 Å². The minimum absolute atomic E-state index is 0.161. The van der Waals surface area contributed by atoms with Crippen LogP contribution in [0.2, 0.25) is 0 Å². The average molecular weight is 316 g/mol. The fourth-order valence-electron chi connectivity index (χ4n) is 2.13. The standard InChI is InChI=1S/C17H20N2O4/c1-4-12(5-2)18-19-16(20)10-22-13-6-7-14-11(3)8-17(21)23-15(14)9-13/h6-9H,4-5,10H2,1-3H3,(H,19,20). The van der Waals surface area contributed by atoms with E-state index in [1.54, 1.807) is 18.2 Å². The average Bonchev–Trinajstić information content (AvgIpc) is 2.53. The van der Waals surface area contributed by atoms with E-state index < -0.39 is 5.63 Å². The van der Waals surface area contributed by atoms with Crippen molar-refractivity contribution in [3.8, 4) is 5.75 Å². The maximum absolute atomic E-state index is 11.7. The van der Waals surface area contributed by atoms with Crippen molar-refractivity contribution in [2.24, 2.45) is 5.10 Å². The Hall–Kier alpha value is -2.63. The van der Waals surface area contributed by atoms with Crippen molar-refractivity contribution < 1.29 is 13.9 Å². The molecule has 0 fully saturated rings. The number of rotatable bonds is 6. The van der Waals surface area contributed by atoms with Crippen LogP contribution in [-0.4, -0.2) is 18.2 Å². The van der Waals surface area contributed by atoms with Crippen molar-refractivity contribution in [3.05, 3.63) is 40.2 Å².